The van der Waals surface area contributed by atoms with Gasteiger partial charge in [-0.3, -0.25) is 14.8 Å². The van der Waals surface area contributed by atoms with Gasteiger partial charge in [0.1, 0.15) is 18.2 Å². The van der Waals surface area contributed by atoms with E-state index in [-0.39, 0.29) is 5.41 Å². The second kappa shape index (κ2) is 8.14. The highest BCUT2D eigenvalue weighted by atomic mass is 16.5. The molecule has 0 N–H and O–H groups in total. The highest BCUT2D eigenvalue weighted by Gasteiger charge is 2.62. The van der Waals surface area contributed by atoms with Crippen LogP contribution in [-0.4, -0.2) is 67.5 Å². The van der Waals surface area contributed by atoms with Gasteiger partial charge in [-0.15, -0.1) is 0 Å². The second-order valence-corrected chi connectivity index (χ2v) is 8.81. The first-order valence-electron chi connectivity index (χ1n) is 11.0. The van der Waals surface area contributed by atoms with Crippen LogP contribution in [0.3, 0.4) is 0 Å². The van der Waals surface area contributed by atoms with Crippen molar-refractivity contribution < 1.29 is 9.47 Å². The Bertz CT molecular complexity index is 899. The predicted octanol–water partition coefficient (Wildman–Crippen LogP) is 3.37. The monoisotopic (exact) mass is 405 g/mol. The maximum Gasteiger partial charge on any atom is 0.148 e. The van der Waals surface area contributed by atoms with E-state index in [9.17, 15) is 0 Å². The molecule has 0 amide bonds. The lowest BCUT2D eigenvalue weighted by Crippen LogP contribution is -2.44. The van der Waals surface area contributed by atoms with Gasteiger partial charge in [-0.2, -0.15) is 0 Å². The molecule has 0 spiro atoms. The Morgan fingerprint density at radius 2 is 2.13 bits per heavy atom. The quantitative estimate of drug-likeness (QED) is 0.650. The number of hydrogen-bond acceptors (Lipinski definition) is 5. The lowest BCUT2D eigenvalue weighted by atomic mass is 9.82. The third kappa shape index (κ3) is 3.45. The molecule has 1 saturated carbocycles. The molecule has 5 heteroatoms. The third-order valence-electron chi connectivity index (χ3n) is 7.05. The Kier molecular flexibility index (Phi) is 5.35. The van der Waals surface area contributed by atoms with Gasteiger partial charge in [0.2, 0.25) is 0 Å². The van der Waals surface area contributed by atoms with Gasteiger partial charge in [-0.05, 0) is 41.5 Å². The smallest absolute Gasteiger partial charge is 0.148 e. The summed E-state index contributed by atoms with van der Waals surface area (Å²) >= 11 is 0. The summed E-state index contributed by atoms with van der Waals surface area (Å²) in [6.07, 6.45) is 9.86. The summed E-state index contributed by atoms with van der Waals surface area (Å²) in [4.78, 5) is 9.76. The van der Waals surface area contributed by atoms with Crippen LogP contribution in [0.1, 0.15) is 24.1 Å². The molecule has 2 aliphatic carbocycles. The van der Waals surface area contributed by atoms with Crippen molar-refractivity contribution in [3.05, 3.63) is 72.1 Å². The number of fused-ring (bicyclic) bond motifs is 5. The second-order valence-electron chi connectivity index (χ2n) is 8.81. The molecule has 2 unspecified atom stereocenters. The van der Waals surface area contributed by atoms with E-state index in [1.807, 2.05) is 24.4 Å². The van der Waals surface area contributed by atoms with E-state index < -0.39 is 0 Å². The van der Waals surface area contributed by atoms with Gasteiger partial charge in [-0.25, -0.2) is 0 Å². The molecule has 1 saturated heterocycles. The zero-order valence-electron chi connectivity index (χ0n) is 17.7. The molecule has 5 rings (SSSR count). The SMILES string of the molecule is C=C/C=C(\C=C)CCN1COC2=C(C1)C1CC1(CN1CCOCC1)c1cccnc12. The van der Waals surface area contributed by atoms with Crippen LogP contribution in [0, 0.1) is 5.92 Å². The summed E-state index contributed by atoms with van der Waals surface area (Å²) in [6, 6.07) is 4.36. The Morgan fingerprint density at radius 1 is 1.27 bits per heavy atom. The Balaban J connectivity index is 1.37. The van der Waals surface area contributed by atoms with Crippen molar-refractivity contribution >= 4 is 5.76 Å². The molecular weight excluding hydrogens is 374 g/mol. The van der Waals surface area contributed by atoms with E-state index in [1.165, 1.54) is 23.1 Å². The molecule has 158 valence electrons. The molecule has 30 heavy (non-hydrogen) atoms. The molecule has 0 bridgehead atoms. The van der Waals surface area contributed by atoms with E-state index in [0.717, 1.165) is 63.8 Å². The van der Waals surface area contributed by atoms with Crippen LogP contribution >= 0.6 is 0 Å². The first kappa shape index (κ1) is 19.7. The van der Waals surface area contributed by atoms with Gasteiger partial charge in [0.05, 0.1) is 13.2 Å². The summed E-state index contributed by atoms with van der Waals surface area (Å²) in [6.45, 7) is 15.1. The van der Waals surface area contributed by atoms with Crippen molar-refractivity contribution in [2.45, 2.75) is 18.3 Å². The minimum atomic E-state index is 0.196. The molecule has 1 aromatic heterocycles. The topological polar surface area (TPSA) is 37.8 Å². The van der Waals surface area contributed by atoms with Crippen molar-refractivity contribution in [1.82, 2.24) is 14.8 Å². The third-order valence-corrected chi connectivity index (χ3v) is 7.05. The summed E-state index contributed by atoms with van der Waals surface area (Å²) < 4.78 is 11.9. The van der Waals surface area contributed by atoms with E-state index in [4.69, 9.17) is 14.5 Å². The molecule has 2 fully saturated rings. The Labute approximate surface area is 179 Å². The van der Waals surface area contributed by atoms with E-state index >= 15 is 0 Å². The molecule has 4 aliphatic rings. The van der Waals surface area contributed by atoms with Gasteiger partial charge in [0.15, 0.2) is 0 Å². The van der Waals surface area contributed by atoms with Gasteiger partial charge in [-0.1, -0.05) is 37.5 Å². The minimum Gasteiger partial charge on any atom is -0.476 e. The average Bonchev–Trinajstić information content (AvgIpc) is 3.53. The van der Waals surface area contributed by atoms with Crippen molar-refractivity contribution in [2.24, 2.45) is 5.92 Å². The number of pyridine rings is 1. The van der Waals surface area contributed by atoms with Gasteiger partial charge < -0.3 is 9.47 Å². The zero-order valence-corrected chi connectivity index (χ0v) is 17.7. The fourth-order valence-corrected chi connectivity index (χ4v) is 5.40. The number of aromatic nitrogens is 1. The molecule has 0 aromatic carbocycles. The normalized spacial score (nSPS) is 28.8. The van der Waals surface area contributed by atoms with Crippen LogP contribution in [0.4, 0.5) is 0 Å². The number of ether oxygens (including phenoxy) is 2. The number of hydrogen-bond donors (Lipinski definition) is 0. The standard InChI is InChI=1S/C25H31N3O2/c1-3-6-19(4-2)8-10-28-16-20-22-15-25(22,17-27-11-13-29-14-12-27)21-7-5-9-26-23(21)24(20)30-18-28/h3-7,9,22H,1-2,8,10-18H2/b19-6+. The number of allylic oxidation sites excluding steroid dienone is 3. The maximum absolute atomic E-state index is 6.32. The number of nitrogens with zero attached hydrogens (tertiary/aromatic N) is 3. The number of morpholine rings is 1. The molecule has 2 atom stereocenters. The number of rotatable bonds is 7. The van der Waals surface area contributed by atoms with Crippen LogP contribution < -0.4 is 0 Å². The molecule has 3 heterocycles. The molecule has 5 nitrogen and oxygen atoms in total. The van der Waals surface area contributed by atoms with E-state index in [1.54, 1.807) is 0 Å². The first-order valence-corrected chi connectivity index (χ1v) is 11.0. The average molecular weight is 406 g/mol. The fraction of sp³-hybridized carbons (Fsp3) is 0.480. The Hall–Kier alpha value is -2.21. The summed E-state index contributed by atoms with van der Waals surface area (Å²) in [5.74, 6) is 1.62. The van der Waals surface area contributed by atoms with Crippen molar-refractivity contribution in [3.8, 4) is 0 Å². The Morgan fingerprint density at radius 3 is 2.93 bits per heavy atom. The maximum atomic E-state index is 6.32. The van der Waals surface area contributed by atoms with Gasteiger partial charge >= 0.3 is 0 Å². The molecular formula is C25H31N3O2. The van der Waals surface area contributed by atoms with Crippen molar-refractivity contribution in [1.29, 1.82) is 0 Å². The van der Waals surface area contributed by atoms with Crippen molar-refractivity contribution in [3.63, 3.8) is 0 Å². The highest BCUT2D eigenvalue weighted by Crippen LogP contribution is 2.64. The molecule has 2 aliphatic heterocycles. The van der Waals surface area contributed by atoms with Crippen LogP contribution in [0.2, 0.25) is 0 Å². The van der Waals surface area contributed by atoms with Crippen LogP contribution in [-0.2, 0) is 14.9 Å². The lowest BCUT2D eigenvalue weighted by Gasteiger charge is -2.38. The largest absolute Gasteiger partial charge is 0.476 e. The van der Waals surface area contributed by atoms with Crippen LogP contribution in [0.25, 0.3) is 5.76 Å². The van der Waals surface area contributed by atoms with Crippen molar-refractivity contribution in [2.75, 3.05) is 52.7 Å². The zero-order chi connectivity index (χ0) is 20.6. The van der Waals surface area contributed by atoms with E-state index in [2.05, 4.69) is 35.1 Å². The predicted molar refractivity (Wildman–Crippen MR) is 119 cm³/mol. The van der Waals surface area contributed by atoms with Crippen LogP contribution in [0.5, 0.6) is 0 Å². The van der Waals surface area contributed by atoms with E-state index in [0.29, 0.717) is 12.6 Å². The van der Waals surface area contributed by atoms with Gasteiger partial charge in [0, 0.05) is 44.3 Å². The summed E-state index contributed by atoms with van der Waals surface area (Å²) in [5.41, 5.74) is 5.33. The fourth-order valence-electron chi connectivity index (χ4n) is 5.40. The minimum absolute atomic E-state index is 0.196. The lowest BCUT2D eigenvalue weighted by molar-refractivity contribution is 0.0322. The van der Waals surface area contributed by atoms with Gasteiger partial charge in [0.25, 0.3) is 0 Å². The highest BCUT2D eigenvalue weighted by molar-refractivity contribution is 5.72. The molecule has 0 radical (unpaired) electrons. The summed E-state index contributed by atoms with van der Waals surface area (Å²) in [5, 5.41) is 0. The summed E-state index contributed by atoms with van der Waals surface area (Å²) in [7, 11) is 0. The van der Waals surface area contributed by atoms with Crippen LogP contribution in [0.15, 0.2) is 60.9 Å². The first-order chi connectivity index (χ1) is 14.7. The molecule has 1 aromatic rings.